The molecule has 92 valence electrons. The molecule has 2 aliphatic rings. The van der Waals surface area contributed by atoms with Gasteiger partial charge in [0.25, 0.3) is 5.91 Å². The summed E-state index contributed by atoms with van der Waals surface area (Å²) in [5, 5.41) is 0. The highest BCUT2D eigenvalue weighted by Crippen LogP contribution is 2.30. The second-order valence-corrected chi connectivity index (χ2v) is 4.96. The van der Waals surface area contributed by atoms with E-state index in [0.29, 0.717) is 18.5 Å². The van der Waals surface area contributed by atoms with Crippen LogP contribution in [0.2, 0.25) is 0 Å². The van der Waals surface area contributed by atoms with E-state index in [-0.39, 0.29) is 12.0 Å². The van der Waals surface area contributed by atoms with Gasteiger partial charge in [-0.1, -0.05) is 6.92 Å². The summed E-state index contributed by atoms with van der Waals surface area (Å²) in [5.74, 6) is 0.563. The van der Waals surface area contributed by atoms with E-state index in [9.17, 15) is 4.79 Å². The number of carbonyl (C=O) groups is 1. The molecule has 4 heteroatoms. The average molecular weight is 226 g/mol. The summed E-state index contributed by atoms with van der Waals surface area (Å²) in [7, 11) is 0. The quantitative estimate of drug-likeness (QED) is 0.752. The molecule has 1 aliphatic carbocycles. The van der Waals surface area contributed by atoms with Gasteiger partial charge < -0.3 is 15.4 Å². The third-order valence-corrected chi connectivity index (χ3v) is 3.50. The fourth-order valence-electron chi connectivity index (χ4n) is 2.30. The van der Waals surface area contributed by atoms with E-state index in [1.165, 1.54) is 0 Å². The molecule has 0 spiro atoms. The lowest BCUT2D eigenvalue weighted by Crippen LogP contribution is -2.43. The smallest absolute Gasteiger partial charge is 0.252 e. The number of amides is 1. The molecule has 2 rings (SSSR count). The van der Waals surface area contributed by atoms with Crippen LogP contribution in [0.3, 0.4) is 0 Å². The van der Waals surface area contributed by atoms with Crippen molar-refractivity contribution in [1.29, 1.82) is 0 Å². The highest BCUT2D eigenvalue weighted by molar-refractivity contribution is 5.82. The minimum atomic E-state index is -0.196. The number of ether oxygens (including phenoxy) is 1. The second kappa shape index (κ2) is 5.15. The Morgan fingerprint density at radius 2 is 2.19 bits per heavy atom. The first-order chi connectivity index (χ1) is 7.74. The Bertz CT molecular complexity index is 253. The van der Waals surface area contributed by atoms with Crippen LogP contribution in [0.4, 0.5) is 0 Å². The van der Waals surface area contributed by atoms with Crippen LogP contribution in [0.25, 0.3) is 0 Å². The van der Waals surface area contributed by atoms with E-state index in [0.717, 1.165) is 38.8 Å². The van der Waals surface area contributed by atoms with Crippen molar-refractivity contribution in [3.05, 3.63) is 0 Å². The van der Waals surface area contributed by atoms with Crippen molar-refractivity contribution in [2.24, 2.45) is 11.7 Å². The van der Waals surface area contributed by atoms with Crippen molar-refractivity contribution in [3.63, 3.8) is 0 Å². The summed E-state index contributed by atoms with van der Waals surface area (Å²) in [5.41, 5.74) is 5.51. The summed E-state index contributed by atoms with van der Waals surface area (Å²) in [4.78, 5) is 14.3. The predicted molar refractivity (Wildman–Crippen MR) is 61.9 cm³/mol. The maximum atomic E-state index is 12.3. The summed E-state index contributed by atoms with van der Waals surface area (Å²) in [6, 6.07) is 0.468. The summed E-state index contributed by atoms with van der Waals surface area (Å²) < 4.78 is 5.54. The maximum absolute atomic E-state index is 12.3. The zero-order valence-electron chi connectivity index (χ0n) is 10.0. The monoisotopic (exact) mass is 226 g/mol. The lowest BCUT2D eigenvalue weighted by molar-refractivity contribution is -0.143. The molecule has 0 aromatic carbocycles. The molecule has 1 aliphatic heterocycles. The number of nitrogens with two attached hydrogens (primary N) is 1. The summed E-state index contributed by atoms with van der Waals surface area (Å²) in [6.45, 7) is 4.28. The molecule has 0 aromatic rings. The van der Waals surface area contributed by atoms with Gasteiger partial charge in [-0.3, -0.25) is 4.79 Å². The lowest BCUT2D eigenvalue weighted by Gasteiger charge is -2.26. The molecule has 16 heavy (non-hydrogen) atoms. The normalized spacial score (nSPS) is 29.4. The fraction of sp³-hybridized carbons (Fsp3) is 0.917. The standard InChI is InChI=1S/C12H22N2O2/c1-9-5-8-16-11(9)12(15)14(7-2-6-13)10-3-4-10/h9-11H,2-8,13H2,1H3. The Balaban J connectivity index is 1.93. The van der Waals surface area contributed by atoms with Crippen molar-refractivity contribution in [1.82, 2.24) is 4.90 Å². The predicted octanol–water partition coefficient (Wildman–Crippen LogP) is 0.751. The first kappa shape index (κ1) is 11.9. The van der Waals surface area contributed by atoms with Crippen molar-refractivity contribution in [3.8, 4) is 0 Å². The molecule has 0 bridgehead atoms. The molecule has 2 fully saturated rings. The topological polar surface area (TPSA) is 55.6 Å². The minimum Gasteiger partial charge on any atom is -0.368 e. The van der Waals surface area contributed by atoms with Crippen molar-refractivity contribution < 1.29 is 9.53 Å². The van der Waals surface area contributed by atoms with Gasteiger partial charge in [0.1, 0.15) is 6.10 Å². The molecule has 0 radical (unpaired) electrons. The van der Waals surface area contributed by atoms with E-state index in [1.54, 1.807) is 0 Å². The van der Waals surface area contributed by atoms with Crippen LogP contribution < -0.4 is 5.73 Å². The highest BCUT2D eigenvalue weighted by atomic mass is 16.5. The summed E-state index contributed by atoms with van der Waals surface area (Å²) in [6.07, 6.45) is 4.00. The zero-order valence-corrected chi connectivity index (χ0v) is 10.0. The number of carbonyl (C=O) groups excluding carboxylic acids is 1. The molecule has 2 unspecified atom stereocenters. The van der Waals surface area contributed by atoms with Gasteiger partial charge in [-0.05, 0) is 38.1 Å². The van der Waals surface area contributed by atoms with Crippen LogP contribution in [0, 0.1) is 5.92 Å². The largest absolute Gasteiger partial charge is 0.368 e. The van der Waals surface area contributed by atoms with Gasteiger partial charge in [0.05, 0.1) is 0 Å². The molecular formula is C12H22N2O2. The van der Waals surface area contributed by atoms with E-state index >= 15 is 0 Å². The van der Waals surface area contributed by atoms with Gasteiger partial charge in [0.15, 0.2) is 0 Å². The maximum Gasteiger partial charge on any atom is 0.252 e. The van der Waals surface area contributed by atoms with E-state index < -0.39 is 0 Å². The Morgan fingerprint density at radius 3 is 2.69 bits per heavy atom. The molecule has 1 heterocycles. The van der Waals surface area contributed by atoms with E-state index in [2.05, 4.69) is 6.92 Å². The van der Waals surface area contributed by atoms with E-state index in [4.69, 9.17) is 10.5 Å². The Labute approximate surface area is 97.1 Å². The van der Waals surface area contributed by atoms with Gasteiger partial charge >= 0.3 is 0 Å². The van der Waals surface area contributed by atoms with Crippen molar-refractivity contribution in [2.75, 3.05) is 19.7 Å². The Kier molecular flexibility index (Phi) is 3.82. The first-order valence-electron chi connectivity index (χ1n) is 6.36. The number of hydrogen-bond donors (Lipinski definition) is 1. The number of nitrogens with zero attached hydrogens (tertiary/aromatic N) is 1. The molecule has 2 N–H and O–H groups in total. The molecule has 1 amide bonds. The summed E-state index contributed by atoms with van der Waals surface area (Å²) >= 11 is 0. The molecular weight excluding hydrogens is 204 g/mol. The Hall–Kier alpha value is -0.610. The Morgan fingerprint density at radius 1 is 1.44 bits per heavy atom. The van der Waals surface area contributed by atoms with Crippen LogP contribution in [0.1, 0.15) is 32.6 Å². The molecule has 1 saturated carbocycles. The average Bonchev–Trinajstić information content (AvgIpc) is 3.01. The molecule has 0 aromatic heterocycles. The zero-order chi connectivity index (χ0) is 11.5. The lowest BCUT2D eigenvalue weighted by atomic mass is 10.0. The van der Waals surface area contributed by atoms with Crippen LogP contribution in [0.5, 0.6) is 0 Å². The fourth-order valence-corrected chi connectivity index (χ4v) is 2.30. The first-order valence-corrected chi connectivity index (χ1v) is 6.36. The van der Waals surface area contributed by atoms with Crippen LogP contribution in [-0.4, -0.2) is 42.6 Å². The van der Waals surface area contributed by atoms with Gasteiger partial charge in [-0.15, -0.1) is 0 Å². The minimum absolute atomic E-state index is 0.195. The number of rotatable bonds is 5. The van der Waals surface area contributed by atoms with Gasteiger partial charge in [-0.2, -0.15) is 0 Å². The van der Waals surface area contributed by atoms with Crippen LogP contribution in [0.15, 0.2) is 0 Å². The van der Waals surface area contributed by atoms with Crippen LogP contribution >= 0.6 is 0 Å². The molecule has 1 saturated heterocycles. The number of hydrogen-bond acceptors (Lipinski definition) is 3. The van der Waals surface area contributed by atoms with E-state index in [1.807, 2.05) is 4.90 Å². The third-order valence-electron chi connectivity index (χ3n) is 3.50. The highest BCUT2D eigenvalue weighted by Gasteiger charge is 2.39. The SMILES string of the molecule is CC1CCOC1C(=O)N(CCCN)C1CC1. The van der Waals surface area contributed by atoms with Crippen LogP contribution in [-0.2, 0) is 9.53 Å². The van der Waals surface area contributed by atoms with Gasteiger partial charge in [0.2, 0.25) is 0 Å². The van der Waals surface area contributed by atoms with Gasteiger partial charge in [0, 0.05) is 19.2 Å². The van der Waals surface area contributed by atoms with Crippen molar-refractivity contribution in [2.45, 2.75) is 44.8 Å². The van der Waals surface area contributed by atoms with Gasteiger partial charge in [-0.25, -0.2) is 0 Å². The molecule has 4 nitrogen and oxygen atoms in total. The second-order valence-electron chi connectivity index (χ2n) is 4.96. The van der Waals surface area contributed by atoms with Crippen molar-refractivity contribution >= 4 is 5.91 Å². The third kappa shape index (κ3) is 2.55. The molecule has 2 atom stereocenters.